The average Bonchev–Trinajstić information content (AvgIpc) is 2.79. The van der Waals surface area contributed by atoms with Gasteiger partial charge in [0, 0.05) is 7.05 Å². The molecule has 0 bridgehead atoms. The topological polar surface area (TPSA) is 103 Å². The number of carbonyl (C=O) groups excluding carboxylic acids is 1. The molecular formula is C18H23N3O5. The van der Waals surface area contributed by atoms with Gasteiger partial charge < -0.3 is 19.9 Å². The van der Waals surface area contributed by atoms with E-state index in [9.17, 15) is 9.59 Å². The highest BCUT2D eigenvalue weighted by Crippen LogP contribution is 2.27. The van der Waals surface area contributed by atoms with E-state index >= 15 is 0 Å². The maximum Gasteiger partial charge on any atom is 0.335 e. The summed E-state index contributed by atoms with van der Waals surface area (Å²) in [7, 11) is 1.79. The van der Waals surface area contributed by atoms with Crippen molar-refractivity contribution in [3.8, 4) is 11.5 Å². The molecule has 26 heavy (non-hydrogen) atoms. The Morgan fingerprint density at radius 2 is 2.00 bits per heavy atom. The molecule has 1 aromatic carbocycles. The van der Waals surface area contributed by atoms with E-state index in [0.717, 1.165) is 5.69 Å². The number of amides is 1. The fourth-order valence-corrected chi connectivity index (χ4v) is 2.40. The Morgan fingerprint density at radius 1 is 1.31 bits per heavy atom. The van der Waals surface area contributed by atoms with Crippen molar-refractivity contribution in [1.82, 2.24) is 9.78 Å². The van der Waals surface area contributed by atoms with Crippen LogP contribution in [-0.4, -0.2) is 39.5 Å². The van der Waals surface area contributed by atoms with Crippen LogP contribution < -0.4 is 14.8 Å². The highest BCUT2D eigenvalue weighted by atomic mass is 16.5. The number of ether oxygens (including phenoxy) is 2. The summed E-state index contributed by atoms with van der Waals surface area (Å²) in [4.78, 5) is 23.4. The summed E-state index contributed by atoms with van der Waals surface area (Å²) in [5.74, 6) is -0.564. The zero-order valence-corrected chi connectivity index (χ0v) is 15.5. The number of hydrogen-bond donors (Lipinski definition) is 2. The molecule has 8 heteroatoms. The maximum absolute atomic E-state index is 12.3. The SMILES string of the molecule is Cc1nn(C)c(C)c1OCC(=O)Nc1cc(C(=O)O)ccc1OC(C)C. The quantitative estimate of drug-likeness (QED) is 0.786. The number of aromatic carboxylic acids is 1. The number of benzene rings is 1. The molecule has 0 unspecified atom stereocenters. The Hall–Kier alpha value is -3.03. The molecule has 0 fully saturated rings. The zero-order chi connectivity index (χ0) is 19.4. The molecule has 140 valence electrons. The van der Waals surface area contributed by atoms with Crippen molar-refractivity contribution in [3.05, 3.63) is 35.2 Å². The van der Waals surface area contributed by atoms with Crippen LogP contribution >= 0.6 is 0 Å². The van der Waals surface area contributed by atoms with E-state index in [4.69, 9.17) is 14.6 Å². The smallest absolute Gasteiger partial charge is 0.335 e. The molecule has 8 nitrogen and oxygen atoms in total. The van der Waals surface area contributed by atoms with Crippen LogP contribution in [-0.2, 0) is 11.8 Å². The number of nitrogens with zero attached hydrogens (tertiary/aromatic N) is 2. The molecule has 2 rings (SSSR count). The minimum absolute atomic E-state index is 0.0521. The van der Waals surface area contributed by atoms with E-state index in [-0.39, 0.29) is 24.0 Å². The summed E-state index contributed by atoms with van der Waals surface area (Å²) in [6, 6.07) is 4.31. The summed E-state index contributed by atoms with van der Waals surface area (Å²) >= 11 is 0. The predicted octanol–water partition coefficient (Wildman–Crippen LogP) is 2.54. The summed E-state index contributed by atoms with van der Waals surface area (Å²) < 4.78 is 12.9. The van der Waals surface area contributed by atoms with Gasteiger partial charge in [-0.05, 0) is 45.9 Å². The van der Waals surface area contributed by atoms with Crippen LogP contribution in [0.2, 0.25) is 0 Å². The molecule has 0 saturated carbocycles. The zero-order valence-electron chi connectivity index (χ0n) is 15.5. The van der Waals surface area contributed by atoms with E-state index in [0.29, 0.717) is 17.2 Å². The Kier molecular flexibility index (Phi) is 5.86. The van der Waals surface area contributed by atoms with Crippen LogP contribution in [0, 0.1) is 13.8 Å². The Morgan fingerprint density at radius 3 is 2.54 bits per heavy atom. The van der Waals surface area contributed by atoms with Gasteiger partial charge in [-0.25, -0.2) is 4.79 Å². The molecule has 0 atom stereocenters. The monoisotopic (exact) mass is 361 g/mol. The Bertz CT molecular complexity index is 826. The normalized spacial score (nSPS) is 10.7. The largest absolute Gasteiger partial charge is 0.489 e. The van der Waals surface area contributed by atoms with Crippen molar-refractivity contribution < 1.29 is 24.2 Å². The lowest BCUT2D eigenvalue weighted by atomic mass is 10.2. The van der Waals surface area contributed by atoms with Crippen molar-refractivity contribution >= 4 is 17.6 Å². The van der Waals surface area contributed by atoms with Gasteiger partial charge in [0.15, 0.2) is 12.4 Å². The number of carbonyl (C=O) groups is 2. The highest BCUT2D eigenvalue weighted by Gasteiger charge is 2.16. The average molecular weight is 361 g/mol. The first-order valence-electron chi connectivity index (χ1n) is 8.16. The second kappa shape index (κ2) is 7.90. The third kappa shape index (κ3) is 4.53. The summed E-state index contributed by atoms with van der Waals surface area (Å²) in [5, 5.41) is 16.0. The maximum atomic E-state index is 12.3. The summed E-state index contributed by atoms with van der Waals surface area (Å²) in [6.45, 7) is 7.09. The van der Waals surface area contributed by atoms with Crippen LogP contribution in [0.3, 0.4) is 0 Å². The van der Waals surface area contributed by atoms with Gasteiger partial charge in [-0.2, -0.15) is 5.10 Å². The van der Waals surface area contributed by atoms with E-state index < -0.39 is 11.9 Å². The number of rotatable bonds is 7. The van der Waals surface area contributed by atoms with E-state index in [1.807, 2.05) is 20.8 Å². The summed E-state index contributed by atoms with van der Waals surface area (Å²) in [6.07, 6.45) is -0.127. The van der Waals surface area contributed by atoms with Gasteiger partial charge in [0.1, 0.15) is 11.4 Å². The molecule has 2 aromatic rings. The second-order valence-corrected chi connectivity index (χ2v) is 6.14. The standard InChI is InChI=1S/C18H23N3O5/c1-10(2)26-15-7-6-13(18(23)24)8-14(15)19-16(22)9-25-17-11(3)20-21(5)12(17)4/h6-8,10H,9H2,1-5H3,(H,19,22)(H,23,24). The molecule has 1 heterocycles. The first-order chi connectivity index (χ1) is 12.2. The molecule has 1 amide bonds. The van der Waals surface area contributed by atoms with Gasteiger partial charge in [0.05, 0.1) is 23.0 Å². The lowest BCUT2D eigenvalue weighted by Crippen LogP contribution is -2.21. The van der Waals surface area contributed by atoms with Crippen molar-refractivity contribution in [3.63, 3.8) is 0 Å². The number of anilines is 1. The number of nitrogens with one attached hydrogen (secondary N) is 1. The van der Waals surface area contributed by atoms with Crippen molar-refractivity contribution in [2.75, 3.05) is 11.9 Å². The number of aryl methyl sites for hydroxylation is 2. The molecule has 0 aliphatic carbocycles. The molecular weight excluding hydrogens is 338 g/mol. The van der Waals surface area contributed by atoms with Gasteiger partial charge in [0.25, 0.3) is 5.91 Å². The molecule has 0 radical (unpaired) electrons. The third-order valence-corrected chi connectivity index (χ3v) is 3.65. The van der Waals surface area contributed by atoms with Crippen LogP contribution in [0.15, 0.2) is 18.2 Å². The molecule has 0 aliphatic heterocycles. The number of carboxylic acid groups (broad SMARTS) is 1. The van der Waals surface area contributed by atoms with E-state index in [1.165, 1.54) is 18.2 Å². The van der Waals surface area contributed by atoms with Gasteiger partial charge in [-0.1, -0.05) is 0 Å². The van der Waals surface area contributed by atoms with Gasteiger partial charge >= 0.3 is 5.97 Å². The minimum atomic E-state index is -1.09. The van der Waals surface area contributed by atoms with E-state index in [1.54, 1.807) is 18.7 Å². The van der Waals surface area contributed by atoms with Gasteiger partial charge in [-0.15, -0.1) is 0 Å². The molecule has 1 aromatic heterocycles. The van der Waals surface area contributed by atoms with Gasteiger partial charge in [-0.3, -0.25) is 9.48 Å². The number of carboxylic acids is 1. The van der Waals surface area contributed by atoms with Crippen LogP contribution in [0.4, 0.5) is 5.69 Å². The minimum Gasteiger partial charge on any atom is -0.489 e. The molecule has 0 aliphatic rings. The number of aromatic nitrogens is 2. The lowest BCUT2D eigenvalue weighted by Gasteiger charge is -2.16. The van der Waals surface area contributed by atoms with E-state index in [2.05, 4.69) is 10.4 Å². The van der Waals surface area contributed by atoms with Gasteiger partial charge in [0.2, 0.25) is 0 Å². The highest BCUT2D eigenvalue weighted by molar-refractivity contribution is 5.96. The van der Waals surface area contributed by atoms with Crippen molar-refractivity contribution in [2.24, 2.45) is 7.05 Å². The predicted molar refractivity (Wildman–Crippen MR) is 96.0 cm³/mol. The third-order valence-electron chi connectivity index (χ3n) is 3.65. The van der Waals surface area contributed by atoms with Crippen molar-refractivity contribution in [2.45, 2.75) is 33.8 Å². The molecule has 0 spiro atoms. The van der Waals surface area contributed by atoms with Crippen LogP contribution in [0.25, 0.3) is 0 Å². The van der Waals surface area contributed by atoms with Crippen molar-refractivity contribution in [1.29, 1.82) is 0 Å². The first-order valence-corrected chi connectivity index (χ1v) is 8.16. The number of hydrogen-bond acceptors (Lipinski definition) is 5. The van der Waals surface area contributed by atoms with Crippen LogP contribution in [0.1, 0.15) is 35.6 Å². The summed E-state index contributed by atoms with van der Waals surface area (Å²) in [5.41, 5.74) is 1.84. The Labute approximate surface area is 151 Å². The first kappa shape index (κ1) is 19.3. The molecule has 2 N–H and O–H groups in total. The fourth-order valence-electron chi connectivity index (χ4n) is 2.40. The molecule has 0 saturated heterocycles. The Balaban J connectivity index is 2.13. The fraction of sp³-hybridized carbons (Fsp3) is 0.389. The second-order valence-electron chi connectivity index (χ2n) is 6.14. The van der Waals surface area contributed by atoms with Crippen LogP contribution in [0.5, 0.6) is 11.5 Å². The lowest BCUT2D eigenvalue weighted by molar-refractivity contribution is -0.118.